The molecular formula is C17H19N5O2S. The van der Waals surface area contributed by atoms with Gasteiger partial charge in [-0.25, -0.2) is 4.98 Å². The molecule has 2 aliphatic rings. The number of aromatic nitrogens is 2. The van der Waals surface area contributed by atoms with E-state index in [9.17, 15) is 9.59 Å². The average Bonchev–Trinajstić information content (AvgIpc) is 3.06. The highest BCUT2D eigenvalue weighted by Crippen LogP contribution is 2.33. The summed E-state index contributed by atoms with van der Waals surface area (Å²) in [7, 11) is 1.94. The molecular weight excluding hydrogens is 338 g/mol. The minimum atomic E-state index is -0.110. The van der Waals surface area contributed by atoms with Crippen LogP contribution in [0.2, 0.25) is 0 Å². The van der Waals surface area contributed by atoms with Gasteiger partial charge in [-0.15, -0.1) is 11.8 Å². The van der Waals surface area contributed by atoms with Gasteiger partial charge in [0, 0.05) is 49.5 Å². The van der Waals surface area contributed by atoms with Gasteiger partial charge in [0.05, 0.1) is 11.4 Å². The second-order valence-electron chi connectivity index (χ2n) is 6.16. The lowest BCUT2D eigenvalue weighted by molar-refractivity contribution is -0.113. The van der Waals surface area contributed by atoms with Crippen molar-refractivity contribution in [2.24, 2.45) is 7.05 Å². The molecule has 2 aromatic rings. The standard InChI is InChI=1S/C17H19N5O2S/c1-21-6-5-19-16(21)13-9-18-4-7-22(13)17(24)11-2-3-14-12(8-11)20-15(23)10-25-14/h2-3,5-6,8,13,18H,4,7,9-10H2,1H3,(H,20,23). The Hall–Kier alpha value is -2.32. The molecule has 2 N–H and O–H groups in total. The van der Waals surface area contributed by atoms with E-state index in [0.717, 1.165) is 23.0 Å². The van der Waals surface area contributed by atoms with Crippen molar-refractivity contribution in [3.05, 3.63) is 42.0 Å². The van der Waals surface area contributed by atoms with Crippen LogP contribution in [-0.4, -0.2) is 51.7 Å². The number of nitrogens with one attached hydrogen (secondary N) is 2. The normalized spacial score (nSPS) is 20.1. The van der Waals surface area contributed by atoms with E-state index in [4.69, 9.17) is 0 Å². The van der Waals surface area contributed by atoms with Crippen LogP contribution in [0, 0.1) is 0 Å². The number of amides is 2. The number of hydrogen-bond donors (Lipinski definition) is 2. The average molecular weight is 357 g/mol. The maximum Gasteiger partial charge on any atom is 0.254 e. The molecule has 1 atom stereocenters. The Morgan fingerprint density at radius 3 is 3.08 bits per heavy atom. The smallest absolute Gasteiger partial charge is 0.254 e. The first-order valence-electron chi connectivity index (χ1n) is 8.19. The summed E-state index contributed by atoms with van der Waals surface area (Å²) in [6.07, 6.45) is 3.64. The molecule has 0 bridgehead atoms. The number of nitrogens with zero attached hydrogens (tertiary/aromatic N) is 3. The van der Waals surface area contributed by atoms with Gasteiger partial charge in [-0.3, -0.25) is 9.59 Å². The van der Waals surface area contributed by atoms with E-state index >= 15 is 0 Å². The molecule has 7 nitrogen and oxygen atoms in total. The summed E-state index contributed by atoms with van der Waals surface area (Å²) in [6.45, 7) is 2.05. The van der Waals surface area contributed by atoms with E-state index in [-0.39, 0.29) is 17.9 Å². The highest BCUT2D eigenvalue weighted by Gasteiger charge is 2.31. The predicted octanol–water partition coefficient (Wildman–Crippen LogP) is 1.25. The van der Waals surface area contributed by atoms with E-state index in [0.29, 0.717) is 24.4 Å². The molecule has 1 aromatic carbocycles. The van der Waals surface area contributed by atoms with Gasteiger partial charge in [-0.1, -0.05) is 0 Å². The van der Waals surface area contributed by atoms with Crippen LogP contribution in [0.25, 0.3) is 0 Å². The largest absolute Gasteiger partial charge is 0.336 e. The second kappa shape index (κ2) is 6.53. The summed E-state index contributed by atoms with van der Waals surface area (Å²) < 4.78 is 1.95. The molecule has 25 heavy (non-hydrogen) atoms. The quantitative estimate of drug-likeness (QED) is 0.846. The van der Waals surface area contributed by atoms with Crippen LogP contribution in [0.3, 0.4) is 0 Å². The Bertz CT molecular complexity index is 834. The van der Waals surface area contributed by atoms with Gasteiger partial charge in [-0.05, 0) is 18.2 Å². The number of fused-ring (bicyclic) bond motifs is 1. The van der Waals surface area contributed by atoms with Crippen molar-refractivity contribution in [2.75, 3.05) is 30.7 Å². The van der Waals surface area contributed by atoms with Crippen molar-refractivity contribution in [2.45, 2.75) is 10.9 Å². The Morgan fingerprint density at radius 2 is 2.28 bits per heavy atom. The Morgan fingerprint density at radius 1 is 1.40 bits per heavy atom. The summed E-state index contributed by atoms with van der Waals surface area (Å²) in [4.78, 5) is 32.0. The molecule has 0 radical (unpaired) electrons. The summed E-state index contributed by atoms with van der Waals surface area (Å²) in [5.41, 5.74) is 1.30. The molecule has 1 aromatic heterocycles. The lowest BCUT2D eigenvalue weighted by Gasteiger charge is -2.36. The highest BCUT2D eigenvalue weighted by molar-refractivity contribution is 8.00. The van der Waals surface area contributed by atoms with Crippen molar-refractivity contribution >= 4 is 29.3 Å². The summed E-state index contributed by atoms with van der Waals surface area (Å²) in [5, 5.41) is 6.18. The number of thioether (sulfide) groups is 1. The lowest BCUT2D eigenvalue weighted by atomic mass is 10.1. The van der Waals surface area contributed by atoms with Crippen LogP contribution in [0.15, 0.2) is 35.5 Å². The molecule has 130 valence electrons. The van der Waals surface area contributed by atoms with E-state index in [2.05, 4.69) is 15.6 Å². The van der Waals surface area contributed by atoms with E-state index in [1.54, 1.807) is 12.3 Å². The van der Waals surface area contributed by atoms with Crippen LogP contribution < -0.4 is 10.6 Å². The van der Waals surface area contributed by atoms with Crippen molar-refractivity contribution in [1.29, 1.82) is 0 Å². The number of hydrogen-bond acceptors (Lipinski definition) is 5. The fourth-order valence-electron chi connectivity index (χ4n) is 3.26. The number of imidazole rings is 1. The molecule has 4 rings (SSSR count). The van der Waals surface area contributed by atoms with Crippen LogP contribution in [0.1, 0.15) is 22.2 Å². The number of aryl methyl sites for hydroxylation is 1. The molecule has 1 saturated heterocycles. The molecule has 1 fully saturated rings. The topological polar surface area (TPSA) is 79.3 Å². The highest BCUT2D eigenvalue weighted by atomic mass is 32.2. The first kappa shape index (κ1) is 16.2. The van der Waals surface area contributed by atoms with Gasteiger partial charge in [0.1, 0.15) is 11.9 Å². The Balaban J connectivity index is 1.64. The SMILES string of the molecule is Cn1ccnc1C1CNCCN1C(=O)c1ccc2c(c1)NC(=O)CS2. The summed E-state index contributed by atoms with van der Waals surface area (Å²) in [6, 6.07) is 5.41. The Kier molecular flexibility index (Phi) is 4.22. The predicted molar refractivity (Wildman–Crippen MR) is 95.7 cm³/mol. The van der Waals surface area contributed by atoms with Gasteiger partial charge in [0.15, 0.2) is 0 Å². The molecule has 2 amide bonds. The maximum absolute atomic E-state index is 13.1. The minimum absolute atomic E-state index is 0.0323. The van der Waals surface area contributed by atoms with Crippen LogP contribution >= 0.6 is 11.8 Å². The fourth-order valence-corrected chi connectivity index (χ4v) is 4.05. The molecule has 0 saturated carbocycles. The zero-order chi connectivity index (χ0) is 17.4. The number of piperazine rings is 1. The van der Waals surface area contributed by atoms with Crippen molar-refractivity contribution in [3.8, 4) is 0 Å². The third-order valence-corrected chi connectivity index (χ3v) is 5.59. The van der Waals surface area contributed by atoms with Crippen molar-refractivity contribution in [1.82, 2.24) is 19.8 Å². The van der Waals surface area contributed by atoms with Crippen molar-refractivity contribution < 1.29 is 9.59 Å². The summed E-state index contributed by atoms with van der Waals surface area (Å²) in [5.74, 6) is 1.21. The van der Waals surface area contributed by atoms with Crippen LogP contribution in [-0.2, 0) is 11.8 Å². The molecule has 0 aliphatic carbocycles. The van der Waals surface area contributed by atoms with Gasteiger partial charge >= 0.3 is 0 Å². The fraction of sp³-hybridized carbons (Fsp3) is 0.353. The minimum Gasteiger partial charge on any atom is -0.336 e. The third kappa shape index (κ3) is 3.03. The zero-order valence-electron chi connectivity index (χ0n) is 13.9. The summed E-state index contributed by atoms with van der Waals surface area (Å²) >= 11 is 1.49. The van der Waals surface area contributed by atoms with E-state index in [1.807, 2.05) is 34.8 Å². The van der Waals surface area contributed by atoms with Crippen molar-refractivity contribution in [3.63, 3.8) is 0 Å². The zero-order valence-corrected chi connectivity index (χ0v) is 14.7. The third-order valence-electron chi connectivity index (χ3n) is 4.52. The molecule has 8 heteroatoms. The number of rotatable bonds is 2. The van der Waals surface area contributed by atoms with Gasteiger partial charge in [-0.2, -0.15) is 0 Å². The Labute approximate surface area is 149 Å². The maximum atomic E-state index is 13.1. The number of carbonyl (C=O) groups excluding carboxylic acids is 2. The van der Waals surface area contributed by atoms with Gasteiger partial charge in [0.2, 0.25) is 5.91 Å². The molecule has 0 spiro atoms. The number of anilines is 1. The monoisotopic (exact) mass is 357 g/mol. The van der Waals surface area contributed by atoms with Gasteiger partial charge < -0.3 is 20.1 Å². The van der Waals surface area contributed by atoms with E-state index < -0.39 is 0 Å². The number of carbonyl (C=O) groups is 2. The van der Waals surface area contributed by atoms with E-state index in [1.165, 1.54) is 11.8 Å². The van der Waals surface area contributed by atoms with Crippen LogP contribution in [0.4, 0.5) is 5.69 Å². The second-order valence-corrected chi connectivity index (χ2v) is 7.18. The molecule has 1 unspecified atom stereocenters. The molecule has 2 aliphatic heterocycles. The molecule has 3 heterocycles. The van der Waals surface area contributed by atoms with Crippen LogP contribution in [0.5, 0.6) is 0 Å². The first-order valence-corrected chi connectivity index (χ1v) is 9.17. The lowest BCUT2D eigenvalue weighted by Crippen LogP contribution is -2.49. The number of benzene rings is 1. The first-order chi connectivity index (χ1) is 12.1. The van der Waals surface area contributed by atoms with Gasteiger partial charge in [0.25, 0.3) is 5.91 Å².